The summed E-state index contributed by atoms with van der Waals surface area (Å²) in [7, 11) is 1.97. The van der Waals surface area contributed by atoms with Crippen LogP contribution < -0.4 is 5.32 Å². The number of rotatable bonds is 2. The minimum atomic E-state index is -4.48. The van der Waals surface area contributed by atoms with E-state index in [9.17, 15) is 18.0 Å². The van der Waals surface area contributed by atoms with E-state index in [0.717, 1.165) is 23.3 Å². The highest BCUT2D eigenvalue weighted by Gasteiger charge is 2.48. The molecule has 2 aliphatic rings. The van der Waals surface area contributed by atoms with E-state index in [1.807, 2.05) is 13.1 Å². The first-order valence-corrected chi connectivity index (χ1v) is 10.2. The maximum Gasteiger partial charge on any atom is 0.410 e. The number of piperazine rings is 1. The summed E-state index contributed by atoms with van der Waals surface area (Å²) in [5.74, 6) is -0.171. The molecule has 2 aliphatic heterocycles. The number of hydrogen-bond acceptors (Lipinski definition) is 4. The van der Waals surface area contributed by atoms with Crippen LogP contribution >= 0.6 is 15.9 Å². The molecule has 2 atom stereocenters. The molecule has 10 heteroatoms. The number of halogens is 4. The van der Waals surface area contributed by atoms with Crippen molar-refractivity contribution < 1.29 is 18.0 Å². The molecular weight excluding hydrogens is 451 g/mol. The predicted molar refractivity (Wildman–Crippen MR) is 106 cm³/mol. The molecule has 1 amide bonds. The second-order valence-corrected chi connectivity index (χ2v) is 8.24. The highest BCUT2D eigenvalue weighted by molar-refractivity contribution is 9.10. The van der Waals surface area contributed by atoms with Crippen molar-refractivity contribution in [3.63, 3.8) is 0 Å². The Morgan fingerprint density at radius 1 is 1.17 bits per heavy atom. The van der Waals surface area contributed by atoms with Crippen LogP contribution in [0.3, 0.4) is 0 Å². The standard InChI is InChI=1S/C19H21BrF3N5O/c1-26-7-9-27(10-8-26)18(29)16-15(20)17-24-13(12-5-3-2-4-6-12)11-14(19(21,22)23)28(17)25-16/h2-6,13-14,24H,7-11H2,1H3/t13-,14+/m0/s1. The average Bonchev–Trinajstić information content (AvgIpc) is 3.04. The molecule has 1 fully saturated rings. The fraction of sp³-hybridized carbons (Fsp3) is 0.474. The number of carbonyl (C=O) groups is 1. The van der Waals surface area contributed by atoms with Gasteiger partial charge in [0.15, 0.2) is 11.7 Å². The Labute approximate surface area is 174 Å². The molecule has 4 rings (SSSR count). The number of nitrogens with zero attached hydrogens (tertiary/aromatic N) is 4. The fourth-order valence-corrected chi connectivity index (χ4v) is 4.33. The van der Waals surface area contributed by atoms with Crippen LogP contribution in [0.15, 0.2) is 34.8 Å². The van der Waals surface area contributed by atoms with E-state index in [1.54, 1.807) is 29.2 Å². The van der Waals surface area contributed by atoms with Crippen LogP contribution in [0, 0.1) is 0 Å². The molecule has 0 radical (unpaired) electrons. The monoisotopic (exact) mass is 471 g/mol. The zero-order valence-electron chi connectivity index (χ0n) is 15.8. The molecule has 1 N–H and O–H groups in total. The summed E-state index contributed by atoms with van der Waals surface area (Å²) < 4.78 is 42.7. The van der Waals surface area contributed by atoms with Gasteiger partial charge in [-0.1, -0.05) is 30.3 Å². The highest BCUT2D eigenvalue weighted by Crippen LogP contribution is 2.46. The van der Waals surface area contributed by atoms with Crippen LogP contribution in [0.2, 0.25) is 0 Å². The third kappa shape index (κ3) is 3.87. The van der Waals surface area contributed by atoms with Gasteiger partial charge in [0.25, 0.3) is 5.91 Å². The first kappa shape index (κ1) is 20.2. The van der Waals surface area contributed by atoms with Gasteiger partial charge < -0.3 is 15.1 Å². The van der Waals surface area contributed by atoms with Crippen molar-refractivity contribution in [1.82, 2.24) is 19.6 Å². The second kappa shape index (κ2) is 7.64. The van der Waals surface area contributed by atoms with Crippen LogP contribution in [0.4, 0.5) is 19.0 Å². The van der Waals surface area contributed by atoms with Gasteiger partial charge in [-0.05, 0) is 28.5 Å². The molecule has 156 valence electrons. The molecule has 6 nitrogen and oxygen atoms in total. The first-order valence-electron chi connectivity index (χ1n) is 9.39. The molecule has 3 heterocycles. The molecule has 29 heavy (non-hydrogen) atoms. The number of alkyl halides is 3. The Morgan fingerprint density at radius 3 is 2.45 bits per heavy atom. The molecule has 1 saturated heterocycles. The number of anilines is 1. The van der Waals surface area contributed by atoms with Gasteiger partial charge in [0, 0.05) is 32.6 Å². The Hall–Kier alpha value is -2.07. The SMILES string of the molecule is CN1CCN(C(=O)c2nn3c(c2Br)N[C@H](c2ccccc2)C[C@@H]3C(F)(F)F)CC1. The van der Waals surface area contributed by atoms with Crippen molar-refractivity contribution in [3.05, 3.63) is 46.1 Å². The summed E-state index contributed by atoms with van der Waals surface area (Å²) >= 11 is 3.34. The van der Waals surface area contributed by atoms with Gasteiger partial charge >= 0.3 is 6.18 Å². The van der Waals surface area contributed by atoms with E-state index in [1.165, 1.54) is 0 Å². The lowest BCUT2D eigenvalue weighted by molar-refractivity contribution is -0.173. The smallest absolute Gasteiger partial charge is 0.362 e. The number of aromatic nitrogens is 2. The molecule has 1 aromatic carbocycles. The minimum Gasteiger partial charge on any atom is -0.362 e. The van der Waals surface area contributed by atoms with E-state index in [0.29, 0.717) is 13.1 Å². The van der Waals surface area contributed by atoms with Crippen LogP contribution in [0.5, 0.6) is 0 Å². The van der Waals surface area contributed by atoms with Crippen molar-refractivity contribution in [3.8, 4) is 0 Å². The quantitative estimate of drug-likeness (QED) is 0.725. The van der Waals surface area contributed by atoms with Crippen molar-refractivity contribution in [2.75, 3.05) is 38.5 Å². The van der Waals surface area contributed by atoms with Crippen LogP contribution in [0.25, 0.3) is 0 Å². The molecular formula is C19H21BrF3N5O. The fourth-order valence-electron chi connectivity index (χ4n) is 3.79. The normalized spacial score (nSPS) is 22.9. The van der Waals surface area contributed by atoms with Gasteiger partial charge in [0.2, 0.25) is 0 Å². The van der Waals surface area contributed by atoms with Crippen LogP contribution in [0.1, 0.15) is 34.6 Å². The lowest BCUT2D eigenvalue weighted by Gasteiger charge is -2.33. The Kier molecular flexibility index (Phi) is 5.32. The minimum absolute atomic E-state index is 0.0139. The van der Waals surface area contributed by atoms with Gasteiger partial charge in [0.05, 0.1) is 10.5 Å². The molecule has 0 saturated carbocycles. The van der Waals surface area contributed by atoms with Crippen molar-refractivity contribution in [1.29, 1.82) is 0 Å². The van der Waals surface area contributed by atoms with Crippen LogP contribution in [-0.2, 0) is 0 Å². The summed E-state index contributed by atoms with van der Waals surface area (Å²) in [4.78, 5) is 16.7. The first-order chi connectivity index (χ1) is 13.8. The predicted octanol–water partition coefficient (Wildman–Crippen LogP) is 3.69. The molecule has 2 aromatic rings. The third-order valence-corrected chi connectivity index (χ3v) is 6.24. The molecule has 0 bridgehead atoms. The zero-order valence-corrected chi connectivity index (χ0v) is 17.4. The number of fused-ring (bicyclic) bond motifs is 1. The van der Waals surface area contributed by atoms with E-state index < -0.39 is 18.3 Å². The Balaban J connectivity index is 1.69. The van der Waals surface area contributed by atoms with Gasteiger partial charge in [-0.2, -0.15) is 18.3 Å². The largest absolute Gasteiger partial charge is 0.410 e. The van der Waals surface area contributed by atoms with Gasteiger partial charge in [0.1, 0.15) is 5.82 Å². The topological polar surface area (TPSA) is 53.4 Å². The molecule has 0 unspecified atom stereocenters. The summed E-state index contributed by atoms with van der Waals surface area (Å²) in [6.45, 7) is 2.48. The molecule has 0 aliphatic carbocycles. The van der Waals surface area contributed by atoms with E-state index in [-0.39, 0.29) is 28.3 Å². The van der Waals surface area contributed by atoms with Gasteiger partial charge in [-0.3, -0.25) is 4.79 Å². The lowest BCUT2D eigenvalue weighted by Crippen LogP contribution is -2.47. The average molecular weight is 472 g/mol. The van der Waals surface area contributed by atoms with Gasteiger partial charge in [-0.25, -0.2) is 4.68 Å². The zero-order chi connectivity index (χ0) is 20.8. The summed E-state index contributed by atoms with van der Waals surface area (Å²) in [6.07, 6.45) is -4.68. The maximum absolute atomic E-state index is 13.8. The number of benzene rings is 1. The van der Waals surface area contributed by atoms with E-state index in [4.69, 9.17) is 0 Å². The number of carbonyl (C=O) groups excluding carboxylic acids is 1. The number of hydrogen-bond donors (Lipinski definition) is 1. The summed E-state index contributed by atoms with van der Waals surface area (Å²) in [6, 6.07) is 6.65. The lowest BCUT2D eigenvalue weighted by atomic mass is 9.97. The third-order valence-electron chi connectivity index (χ3n) is 5.49. The number of amides is 1. The van der Waals surface area contributed by atoms with Gasteiger partial charge in [-0.15, -0.1) is 0 Å². The van der Waals surface area contributed by atoms with E-state index in [2.05, 4.69) is 31.2 Å². The summed E-state index contributed by atoms with van der Waals surface area (Å²) in [5, 5.41) is 7.25. The number of likely N-dealkylation sites (N-methyl/N-ethyl adjacent to an activating group) is 1. The van der Waals surface area contributed by atoms with Crippen LogP contribution in [-0.4, -0.2) is 64.9 Å². The van der Waals surface area contributed by atoms with Crippen molar-refractivity contribution >= 4 is 27.7 Å². The maximum atomic E-state index is 13.8. The summed E-state index contributed by atoms with van der Waals surface area (Å²) in [5.41, 5.74) is 0.771. The second-order valence-electron chi connectivity index (χ2n) is 7.45. The number of nitrogens with one attached hydrogen (secondary N) is 1. The highest BCUT2D eigenvalue weighted by atomic mass is 79.9. The van der Waals surface area contributed by atoms with Crippen molar-refractivity contribution in [2.24, 2.45) is 0 Å². The Morgan fingerprint density at radius 2 is 1.83 bits per heavy atom. The van der Waals surface area contributed by atoms with Crippen molar-refractivity contribution in [2.45, 2.75) is 24.7 Å². The molecule has 1 aromatic heterocycles. The molecule has 0 spiro atoms. The van der Waals surface area contributed by atoms with E-state index >= 15 is 0 Å². The Bertz CT molecular complexity index is 893.